The lowest BCUT2D eigenvalue weighted by molar-refractivity contribution is 0.405. The molecule has 1 aliphatic heterocycles. The van der Waals surface area contributed by atoms with Crippen LogP contribution in [0.15, 0.2) is 18.3 Å². The number of nitrogens with one attached hydrogen (secondary N) is 1. The lowest BCUT2D eigenvalue weighted by Crippen LogP contribution is -2.30. The van der Waals surface area contributed by atoms with Crippen molar-refractivity contribution in [2.75, 3.05) is 18.8 Å². The van der Waals surface area contributed by atoms with Crippen molar-refractivity contribution in [2.45, 2.75) is 18.6 Å². The zero-order valence-electron chi connectivity index (χ0n) is 9.69. The smallest absolute Gasteiger partial charge is 0.129 e. The number of hydrogen-bond donors (Lipinski definition) is 1. The van der Waals surface area contributed by atoms with Gasteiger partial charge in [-0.25, -0.2) is 4.98 Å². The molecular formula is C12H17ClN2OS. The molecule has 0 spiro atoms. The van der Waals surface area contributed by atoms with E-state index < -0.39 is 10.8 Å². The van der Waals surface area contributed by atoms with Gasteiger partial charge in [-0.1, -0.05) is 17.7 Å². The van der Waals surface area contributed by atoms with Crippen LogP contribution in [0.2, 0.25) is 5.15 Å². The quantitative estimate of drug-likeness (QED) is 0.853. The molecule has 1 fully saturated rings. The number of pyridine rings is 1. The van der Waals surface area contributed by atoms with Gasteiger partial charge < -0.3 is 5.32 Å². The average Bonchev–Trinajstić information content (AvgIpc) is 2.33. The first kappa shape index (κ1) is 13.0. The van der Waals surface area contributed by atoms with E-state index >= 15 is 0 Å². The molecule has 3 nitrogen and oxygen atoms in total. The van der Waals surface area contributed by atoms with Crippen LogP contribution < -0.4 is 5.32 Å². The monoisotopic (exact) mass is 272 g/mol. The molecule has 1 N–H and O–H groups in total. The first-order valence-electron chi connectivity index (χ1n) is 5.90. The van der Waals surface area contributed by atoms with Gasteiger partial charge in [0.1, 0.15) is 5.15 Å². The van der Waals surface area contributed by atoms with E-state index in [1.54, 1.807) is 12.3 Å². The summed E-state index contributed by atoms with van der Waals surface area (Å²) in [7, 11) is -0.786. The van der Waals surface area contributed by atoms with Crippen LogP contribution in [0.25, 0.3) is 0 Å². The topological polar surface area (TPSA) is 42.0 Å². The van der Waals surface area contributed by atoms with E-state index in [1.807, 2.05) is 6.07 Å². The summed E-state index contributed by atoms with van der Waals surface area (Å²) in [6, 6.07) is 3.65. The number of nitrogens with zero attached hydrogens (tertiary/aromatic N) is 1. The Kier molecular flexibility index (Phi) is 4.95. The highest BCUT2D eigenvalue weighted by Crippen LogP contribution is 2.15. The summed E-state index contributed by atoms with van der Waals surface area (Å²) in [6.45, 7) is 2.12. The van der Waals surface area contributed by atoms with Gasteiger partial charge in [0.25, 0.3) is 0 Å². The van der Waals surface area contributed by atoms with Crippen LogP contribution in [0.5, 0.6) is 0 Å². The van der Waals surface area contributed by atoms with E-state index in [1.165, 1.54) is 0 Å². The van der Waals surface area contributed by atoms with Gasteiger partial charge >= 0.3 is 0 Å². The summed E-state index contributed by atoms with van der Waals surface area (Å²) in [5.41, 5.74) is 1.00. The molecule has 0 unspecified atom stereocenters. The molecule has 17 heavy (non-hydrogen) atoms. The SMILES string of the molecule is O=[S@@](Cc1ccc(Cl)nc1)CC1CCNCC1. The maximum absolute atomic E-state index is 12.0. The molecule has 1 aliphatic rings. The number of hydrogen-bond acceptors (Lipinski definition) is 3. The normalized spacial score (nSPS) is 19.1. The Morgan fingerprint density at radius 1 is 1.41 bits per heavy atom. The van der Waals surface area contributed by atoms with Crippen molar-refractivity contribution in [1.82, 2.24) is 10.3 Å². The lowest BCUT2D eigenvalue weighted by atomic mass is 10.0. The van der Waals surface area contributed by atoms with Gasteiger partial charge in [0.2, 0.25) is 0 Å². The number of aromatic nitrogens is 1. The molecule has 0 bridgehead atoms. The van der Waals surface area contributed by atoms with Crippen molar-refractivity contribution in [3.8, 4) is 0 Å². The zero-order valence-corrected chi connectivity index (χ0v) is 11.3. The van der Waals surface area contributed by atoms with Crippen molar-refractivity contribution in [1.29, 1.82) is 0 Å². The molecule has 0 aromatic carbocycles. The van der Waals surface area contributed by atoms with E-state index in [0.717, 1.165) is 37.2 Å². The van der Waals surface area contributed by atoms with Gasteiger partial charge in [-0.15, -0.1) is 0 Å². The second-order valence-corrected chi connectivity index (χ2v) is 6.32. The number of piperidine rings is 1. The van der Waals surface area contributed by atoms with Gasteiger partial charge in [-0.3, -0.25) is 4.21 Å². The summed E-state index contributed by atoms with van der Waals surface area (Å²) in [6.07, 6.45) is 4.00. The lowest BCUT2D eigenvalue weighted by Gasteiger charge is -2.21. The summed E-state index contributed by atoms with van der Waals surface area (Å²) in [5.74, 6) is 2.01. The Hall–Kier alpha value is -0.450. The van der Waals surface area contributed by atoms with Crippen LogP contribution in [-0.2, 0) is 16.6 Å². The molecule has 0 saturated carbocycles. The molecule has 0 amide bonds. The van der Waals surface area contributed by atoms with Crippen LogP contribution in [0.3, 0.4) is 0 Å². The molecule has 0 radical (unpaired) electrons. The van der Waals surface area contributed by atoms with E-state index in [-0.39, 0.29) is 0 Å². The predicted octanol–water partition coefficient (Wildman–Crippen LogP) is 1.98. The average molecular weight is 273 g/mol. The first-order chi connectivity index (χ1) is 8.24. The molecule has 94 valence electrons. The maximum atomic E-state index is 12.0. The minimum atomic E-state index is -0.786. The van der Waals surface area contributed by atoms with Gasteiger partial charge in [0.05, 0.1) is 5.75 Å². The Morgan fingerprint density at radius 2 is 2.18 bits per heavy atom. The van der Waals surface area contributed by atoms with Gasteiger partial charge in [0.15, 0.2) is 0 Å². The second-order valence-electron chi connectivity index (χ2n) is 4.43. The highest BCUT2D eigenvalue weighted by molar-refractivity contribution is 7.84. The Balaban J connectivity index is 1.82. The van der Waals surface area contributed by atoms with Crippen molar-refractivity contribution < 1.29 is 4.21 Å². The Bertz CT molecular complexity index is 377. The Labute approximate surface area is 109 Å². The molecule has 0 aliphatic carbocycles. The van der Waals surface area contributed by atoms with E-state index in [0.29, 0.717) is 16.8 Å². The number of rotatable bonds is 4. The van der Waals surface area contributed by atoms with Crippen LogP contribution in [0.4, 0.5) is 0 Å². The third-order valence-electron chi connectivity index (χ3n) is 3.00. The highest BCUT2D eigenvalue weighted by Gasteiger charge is 2.16. The molecule has 1 atom stereocenters. The fraction of sp³-hybridized carbons (Fsp3) is 0.583. The number of halogens is 1. The largest absolute Gasteiger partial charge is 0.317 e. The zero-order chi connectivity index (χ0) is 12.1. The summed E-state index contributed by atoms with van der Waals surface area (Å²) in [5, 5.41) is 3.80. The Morgan fingerprint density at radius 3 is 2.82 bits per heavy atom. The molecule has 1 aromatic rings. The van der Waals surface area contributed by atoms with E-state index in [9.17, 15) is 4.21 Å². The molecule has 2 heterocycles. The summed E-state index contributed by atoms with van der Waals surface area (Å²) < 4.78 is 12.0. The maximum Gasteiger partial charge on any atom is 0.129 e. The molecule has 2 rings (SSSR count). The van der Waals surface area contributed by atoms with Gasteiger partial charge in [-0.05, 0) is 43.5 Å². The first-order valence-corrected chi connectivity index (χ1v) is 7.77. The fourth-order valence-electron chi connectivity index (χ4n) is 2.05. The van der Waals surface area contributed by atoms with Crippen molar-refractivity contribution in [2.24, 2.45) is 5.92 Å². The van der Waals surface area contributed by atoms with Crippen molar-refractivity contribution >= 4 is 22.4 Å². The van der Waals surface area contributed by atoms with Crippen LogP contribution in [0.1, 0.15) is 18.4 Å². The standard InChI is InChI=1S/C12H17ClN2OS/c13-12-2-1-11(7-15-12)9-17(16)8-10-3-5-14-6-4-10/h1-2,7,10,14H,3-6,8-9H2/t17-/m1/s1. The molecule has 1 saturated heterocycles. The van der Waals surface area contributed by atoms with E-state index in [4.69, 9.17) is 11.6 Å². The minimum absolute atomic E-state index is 0.484. The minimum Gasteiger partial charge on any atom is -0.317 e. The molecule has 1 aromatic heterocycles. The third kappa shape index (κ3) is 4.37. The predicted molar refractivity (Wildman–Crippen MR) is 71.6 cm³/mol. The summed E-state index contributed by atoms with van der Waals surface area (Å²) in [4.78, 5) is 4.00. The van der Waals surface area contributed by atoms with Crippen LogP contribution >= 0.6 is 11.6 Å². The molecule has 5 heteroatoms. The van der Waals surface area contributed by atoms with Crippen molar-refractivity contribution in [3.05, 3.63) is 29.0 Å². The van der Waals surface area contributed by atoms with Crippen LogP contribution in [0, 0.1) is 5.92 Å². The van der Waals surface area contributed by atoms with Gasteiger partial charge in [-0.2, -0.15) is 0 Å². The fourth-order valence-corrected chi connectivity index (χ4v) is 3.68. The third-order valence-corrected chi connectivity index (χ3v) is 4.72. The second kappa shape index (κ2) is 6.47. The van der Waals surface area contributed by atoms with E-state index in [2.05, 4.69) is 10.3 Å². The highest BCUT2D eigenvalue weighted by atomic mass is 35.5. The van der Waals surface area contributed by atoms with Crippen molar-refractivity contribution in [3.63, 3.8) is 0 Å². The van der Waals surface area contributed by atoms with Crippen LogP contribution in [-0.4, -0.2) is 28.0 Å². The summed E-state index contributed by atoms with van der Waals surface area (Å²) >= 11 is 5.71. The molecular weight excluding hydrogens is 256 g/mol. The van der Waals surface area contributed by atoms with Gasteiger partial charge in [0, 0.05) is 22.7 Å².